The third-order valence-corrected chi connectivity index (χ3v) is 3.31. The van der Waals surface area contributed by atoms with Crippen molar-refractivity contribution < 1.29 is 28.7 Å². The van der Waals surface area contributed by atoms with E-state index in [1.807, 2.05) is 0 Å². The number of non-ortho nitro benzene ring substituents is 1. The van der Waals surface area contributed by atoms with Crippen LogP contribution in [0.15, 0.2) is 24.3 Å². The zero-order valence-corrected chi connectivity index (χ0v) is 13.9. The summed E-state index contributed by atoms with van der Waals surface area (Å²) < 4.78 is 19.3. The van der Waals surface area contributed by atoms with Gasteiger partial charge in [-0.25, -0.2) is 4.79 Å². The van der Waals surface area contributed by atoms with E-state index in [2.05, 4.69) is 9.47 Å². The highest BCUT2D eigenvalue weighted by Gasteiger charge is 2.20. The summed E-state index contributed by atoms with van der Waals surface area (Å²) in [5.41, 5.74) is -0.0495. The first kappa shape index (κ1) is 19.9. The van der Waals surface area contributed by atoms with E-state index in [-0.39, 0.29) is 17.5 Å². The van der Waals surface area contributed by atoms with Crippen molar-refractivity contribution in [1.29, 1.82) is 0 Å². The molecule has 0 aliphatic heterocycles. The lowest BCUT2D eigenvalue weighted by atomic mass is 10.3. The van der Waals surface area contributed by atoms with Crippen LogP contribution in [0, 0.1) is 10.1 Å². The normalized spacial score (nSPS) is 13.8. The number of ether oxygens (including phenoxy) is 4. The summed E-state index contributed by atoms with van der Waals surface area (Å²) in [7, 11) is 3.30. The molecule has 1 aromatic rings. The molecule has 1 aliphatic rings. The number of hydrogen-bond acceptors (Lipinski definition) is 7. The van der Waals surface area contributed by atoms with Gasteiger partial charge in [-0.1, -0.05) is 0 Å². The summed E-state index contributed by atoms with van der Waals surface area (Å²) in [6.45, 7) is 1.38. The van der Waals surface area contributed by atoms with Crippen molar-refractivity contribution in [2.24, 2.45) is 0 Å². The van der Waals surface area contributed by atoms with Crippen LogP contribution in [-0.2, 0) is 14.2 Å². The van der Waals surface area contributed by atoms with Crippen molar-refractivity contribution in [2.75, 3.05) is 27.4 Å². The topological polar surface area (TPSA) is 97.1 Å². The van der Waals surface area contributed by atoms with Crippen LogP contribution < -0.4 is 4.74 Å². The van der Waals surface area contributed by atoms with Gasteiger partial charge in [0.1, 0.15) is 11.9 Å². The Hall–Kier alpha value is -2.19. The highest BCUT2D eigenvalue weighted by molar-refractivity contribution is 5.64. The van der Waals surface area contributed by atoms with Gasteiger partial charge < -0.3 is 18.9 Å². The van der Waals surface area contributed by atoms with Crippen molar-refractivity contribution in [2.45, 2.75) is 31.8 Å². The average Bonchev–Trinajstić information content (AvgIpc) is 3.06. The minimum atomic E-state index is -0.754. The van der Waals surface area contributed by atoms with Gasteiger partial charge in [0.2, 0.25) is 0 Å². The van der Waals surface area contributed by atoms with E-state index >= 15 is 0 Å². The number of benzene rings is 1. The van der Waals surface area contributed by atoms with E-state index in [0.29, 0.717) is 13.2 Å². The molecule has 0 aromatic heterocycles. The molecular formula is C16H23NO7. The number of rotatable bonds is 6. The smallest absolute Gasteiger partial charge is 0.431 e. The summed E-state index contributed by atoms with van der Waals surface area (Å²) in [6.07, 6.45) is 3.06. The van der Waals surface area contributed by atoms with E-state index in [1.165, 1.54) is 24.3 Å². The molecule has 0 bridgehead atoms. The minimum absolute atomic E-state index is 0.0495. The molecule has 1 aliphatic carbocycles. The van der Waals surface area contributed by atoms with Gasteiger partial charge in [-0.05, 0) is 37.8 Å². The third-order valence-electron chi connectivity index (χ3n) is 3.31. The Morgan fingerprint density at radius 3 is 2.12 bits per heavy atom. The minimum Gasteiger partial charge on any atom is -0.431 e. The van der Waals surface area contributed by atoms with Crippen LogP contribution >= 0.6 is 0 Å². The van der Waals surface area contributed by atoms with Crippen LogP contribution in [0.5, 0.6) is 5.75 Å². The predicted molar refractivity (Wildman–Crippen MR) is 86.2 cm³/mol. The van der Waals surface area contributed by atoms with Gasteiger partial charge in [-0.3, -0.25) is 10.1 Å². The molecule has 1 saturated carbocycles. The zero-order chi connectivity index (χ0) is 17.8. The van der Waals surface area contributed by atoms with E-state index in [4.69, 9.17) is 9.47 Å². The van der Waals surface area contributed by atoms with Gasteiger partial charge in [-0.2, -0.15) is 0 Å². The highest BCUT2D eigenvalue weighted by atomic mass is 16.7. The first-order chi connectivity index (χ1) is 11.6. The average molecular weight is 341 g/mol. The van der Waals surface area contributed by atoms with Gasteiger partial charge in [-0.15, -0.1) is 0 Å². The lowest BCUT2D eigenvalue weighted by Gasteiger charge is -2.10. The van der Waals surface area contributed by atoms with Gasteiger partial charge in [0.05, 0.1) is 18.1 Å². The van der Waals surface area contributed by atoms with Crippen LogP contribution in [0.25, 0.3) is 0 Å². The number of hydrogen-bond donors (Lipinski definition) is 0. The monoisotopic (exact) mass is 341 g/mol. The molecular weight excluding hydrogens is 318 g/mol. The molecule has 0 heterocycles. The zero-order valence-electron chi connectivity index (χ0n) is 13.9. The Morgan fingerprint density at radius 2 is 1.67 bits per heavy atom. The number of carbonyl (C=O) groups excluding carboxylic acids is 1. The molecule has 24 heavy (non-hydrogen) atoms. The maximum Gasteiger partial charge on any atom is 0.514 e. The number of nitro benzene ring substituents is 1. The molecule has 8 nitrogen and oxygen atoms in total. The molecule has 0 saturated heterocycles. The number of carbonyl (C=O) groups is 1. The molecule has 0 spiro atoms. The summed E-state index contributed by atoms with van der Waals surface area (Å²) in [5.74, 6) is 0.239. The molecule has 0 atom stereocenters. The quantitative estimate of drug-likeness (QED) is 0.257. The SMILES string of the molecule is COCCOC.O=C(Oc1ccc([N+](=O)[O-])cc1)OC1CCCC1. The van der Waals surface area contributed by atoms with Gasteiger partial charge in [0.25, 0.3) is 5.69 Å². The van der Waals surface area contributed by atoms with Gasteiger partial charge in [0, 0.05) is 26.4 Å². The summed E-state index contributed by atoms with van der Waals surface area (Å²) >= 11 is 0. The van der Waals surface area contributed by atoms with Gasteiger partial charge in [0.15, 0.2) is 0 Å². The predicted octanol–water partition coefficient (Wildman–Crippen LogP) is 3.33. The molecule has 0 amide bonds. The molecule has 134 valence electrons. The molecule has 8 heteroatoms. The lowest BCUT2D eigenvalue weighted by Crippen LogP contribution is -2.18. The van der Waals surface area contributed by atoms with E-state index in [9.17, 15) is 14.9 Å². The number of methoxy groups -OCH3 is 2. The lowest BCUT2D eigenvalue weighted by molar-refractivity contribution is -0.384. The van der Waals surface area contributed by atoms with Crippen molar-refractivity contribution in [3.05, 3.63) is 34.4 Å². The first-order valence-corrected chi connectivity index (χ1v) is 7.67. The molecule has 1 aromatic carbocycles. The Balaban J connectivity index is 0.000000413. The Morgan fingerprint density at radius 1 is 1.12 bits per heavy atom. The fourth-order valence-electron chi connectivity index (χ4n) is 2.07. The fraction of sp³-hybridized carbons (Fsp3) is 0.562. The van der Waals surface area contributed by atoms with E-state index in [0.717, 1.165) is 25.7 Å². The number of nitrogens with zero attached hydrogens (tertiary/aromatic N) is 1. The molecule has 0 radical (unpaired) electrons. The van der Waals surface area contributed by atoms with Crippen molar-refractivity contribution in [3.8, 4) is 5.75 Å². The summed E-state index contributed by atoms with van der Waals surface area (Å²) in [5, 5.41) is 10.4. The van der Waals surface area contributed by atoms with Crippen LogP contribution in [0.1, 0.15) is 25.7 Å². The second-order valence-electron chi connectivity index (χ2n) is 5.11. The Kier molecular flexibility index (Phi) is 9.40. The third kappa shape index (κ3) is 7.89. The van der Waals surface area contributed by atoms with Crippen LogP contribution in [0.3, 0.4) is 0 Å². The standard InChI is InChI=1S/C12H13NO5.C4H10O2/c14-12(17-10-3-1-2-4-10)18-11-7-5-9(6-8-11)13(15)16;1-5-3-4-6-2/h5-8,10H,1-4H2;3-4H2,1-2H3. The van der Waals surface area contributed by atoms with Crippen molar-refractivity contribution in [1.82, 2.24) is 0 Å². The Bertz CT molecular complexity index is 494. The second-order valence-corrected chi connectivity index (χ2v) is 5.11. The van der Waals surface area contributed by atoms with Crippen LogP contribution in [-0.4, -0.2) is 44.6 Å². The maximum absolute atomic E-state index is 11.4. The van der Waals surface area contributed by atoms with Crippen molar-refractivity contribution >= 4 is 11.8 Å². The highest BCUT2D eigenvalue weighted by Crippen LogP contribution is 2.22. The molecule has 2 rings (SSSR count). The molecule has 1 fully saturated rings. The molecule has 0 N–H and O–H groups in total. The summed E-state index contributed by atoms with van der Waals surface area (Å²) in [4.78, 5) is 21.3. The Labute approximate surface area is 140 Å². The fourth-order valence-corrected chi connectivity index (χ4v) is 2.07. The van der Waals surface area contributed by atoms with E-state index < -0.39 is 11.1 Å². The summed E-state index contributed by atoms with van der Waals surface area (Å²) in [6, 6.07) is 5.29. The van der Waals surface area contributed by atoms with E-state index in [1.54, 1.807) is 14.2 Å². The first-order valence-electron chi connectivity index (χ1n) is 7.67. The maximum atomic E-state index is 11.4. The molecule has 0 unspecified atom stereocenters. The van der Waals surface area contributed by atoms with Crippen molar-refractivity contribution in [3.63, 3.8) is 0 Å². The second kappa shape index (κ2) is 11.4. The number of nitro groups is 1. The van der Waals surface area contributed by atoms with Gasteiger partial charge >= 0.3 is 6.16 Å². The van der Waals surface area contributed by atoms with Crippen LogP contribution in [0.2, 0.25) is 0 Å². The largest absolute Gasteiger partial charge is 0.514 e. The van der Waals surface area contributed by atoms with Crippen LogP contribution in [0.4, 0.5) is 10.5 Å².